The van der Waals surface area contributed by atoms with Crippen molar-refractivity contribution in [2.45, 2.75) is 20.3 Å². The van der Waals surface area contributed by atoms with Gasteiger partial charge in [-0.15, -0.1) is 0 Å². The number of benzene rings is 2. The quantitative estimate of drug-likeness (QED) is 0.596. The van der Waals surface area contributed by atoms with Gasteiger partial charge >= 0.3 is 5.97 Å². The van der Waals surface area contributed by atoms with Gasteiger partial charge < -0.3 is 14.9 Å². The lowest BCUT2D eigenvalue weighted by Gasteiger charge is -2.14. The number of aryl methyl sites for hydroxylation is 2. The molecule has 0 bridgehead atoms. The van der Waals surface area contributed by atoms with Gasteiger partial charge in [0.15, 0.2) is 11.4 Å². The van der Waals surface area contributed by atoms with Gasteiger partial charge in [0, 0.05) is 10.8 Å². The Morgan fingerprint density at radius 1 is 1.24 bits per heavy atom. The third kappa shape index (κ3) is 3.17. The Balaban J connectivity index is 2.13. The molecule has 6 heteroatoms. The van der Waals surface area contributed by atoms with E-state index in [9.17, 15) is 15.0 Å². The summed E-state index contributed by atoms with van der Waals surface area (Å²) in [6.45, 7) is 4.02. The summed E-state index contributed by atoms with van der Waals surface area (Å²) in [4.78, 5) is 15.1. The molecule has 0 unspecified atom stereocenters. The number of aromatic nitrogens is 1. The van der Waals surface area contributed by atoms with E-state index in [1.54, 1.807) is 18.2 Å². The number of nitrogens with zero attached hydrogens (tertiary/aromatic N) is 1. The van der Waals surface area contributed by atoms with Crippen molar-refractivity contribution in [2.24, 2.45) is 0 Å². The van der Waals surface area contributed by atoms with E-state index in [1.807, 2.05) is 25.1 Å². The predicted octanol–water partition coefficient (Wildman–Crippen LogP) is 5.06. The van der Waals surface area contributed by atoms with Crippen LogP contribution >= 0.6 is 15.9 Å². The molecule has 0 fully saturated rings. The molecule has 0 aliphatic rings. The smallest absolute Gasteiger partial charge is 0.358 e. The molecule has 128 valence electrons. The lowest BCUT2D eigenvalue weighted by Crippen LogP contribution is -2.02. The fourth-order valence-corrected chi connectivity index (χ4v) is 3.23. The van der Waals surface area contributed by atoms with Crippen molar-refractivity contribution in [2.75, 3.05) is 0 Å². The Labute approximate surface area is 153 Å². The average molecular weight is 402 g/mol. The second kappa shape index (κ2) is 6.72. The van der Waals surface area contributed by atoms with Gasteiger partial charge in [0.25, 0.3) is 0 Å². The van der Waals surface area contributed by atoms with Crippen LogP contribution in [0, 0.1) is 6.92 Å². The SMILES string of the molecule is CCc1cccc(C)c1Oc1ccc2c(Br)nc(C(=O)O)c(O)c2c1. The Bertz CT molecular complexity index is 985. The average Bonchev–Trinajstić information content (AvgIpc) is 2.59. The number of ether oxygens (including phenoxy) is 1. The summed E-state index contributed by atoms with van der Waals surface area (Å²) in [5.41, 5.74) is 1.68. The van der Waals surface area contributed by atoms with Gasteiger partial charge in [0.2, 0.25) is 0 Å². The van der Waals surface area contributed by atoms with E-state index >= 15 is 0 Å². The van der Waals surface area contributed by atoms with E-state index in [0.29, 0.717) is 21.1 Å². The van der Waals surface area contributed by atoms with Crippen LogP contribution in [0.3, 0.4) is 0 Å². The van der Waals surface area contributed by atoms with E-state index in [0.717, 1.165) is 23.3 Å². The number of hydrogen-bond acceptors (Lipinski definition) is 4. The second-order valence-corrected chi connectivity index (χ2v) is 6.38. The molecule has 2 aromatic carbocycles. The number of hydrogen-bond donors (Lipinski definition) is 2. The number of carboxylic acids is 1. The summed E-state index contributed by atoms with van der Waals surface area (Å²) in [7, 11) is 0. The molecule has 2 N–H and O–H groups in total. The molecular formula is C19H16BrNO4. The van der Waals surface area contributed by atoms with Crippen LogP contribution in [0.2, 0.25) is 0 Å². The highest BCUT2D eigenvalue weighted by atomic mass is 79.9. The van der Waals surface area contributed by atoms with E-state index in [4.69, 9.17) is 4.74 Å². The fourth-order valence-electron chi connectivity index (χ4n) is 2.71. The number of carbonyl (C=O) groups is 1. The van der Waals surface area contributed by atoms with Gasteiger partial charge in [-0.2, -0.15) is 0 Å². The summed E-state index contributed by atoms with van der Waals surface area (Å²) in [5, 5.41) is 20.4. The molecular weight excluding hydrogens is 386 g/mol. The van der Waals surface area contributed by atoms with Crippen molar-refractivity contribution >= 4 is 32.7 Å². The Kier molecular flexibility index (Phi) is 4.63. The van der Waals surface area contributed by atoms with Crippen LogP contribution in [-0.2, 0) is 6.42 Å². The highest BCUT2D eigenvalue weighted by molar-refractivity contribution is 9.10. The monoisotopic (exact) mass is 401 g/mol. The number of carboxylic acid groups (broad SMARTS) is 1. The van der Waals surface area contributed by atoms with Crippen molar-refractivity contribution in [1.82, 2.24) is 4.98 Å². The van der Waals surface area contributed by atoms with E-state index < -0.39 is 11.7 Å². The molecule has 1 heterocycles. The Morgan fingerprint density at radius 2 is 2.00 bits per heavy atom. The maximum absolute atomic E-state index is 11.2. The summed E-state index contributed by atoms with van der Waals surface area (Å²) >= 11 is 3.25. The van der Waals surface area contributed by atoms with Gasteiger partial charge in [-0.25, -0.2) is 9.78 Å². The van der Waals surface area contributed by atoms with Crippen LogP contribution in [0.25, 0.3) is 10.8 Å². The van der Waals surface area contributed by atoms with Gasteiger partial charge in [0.1, 0.15) is 16.1 Å². The highest BCUT2D eigenvalue weighted by Crippen LogP contribution is 2.37. The maximum atomic E-state index is 11.2. The van der Waals surface area contributed by atoms with Gasteiger partial charge in [-0.3, -0.25) is 0 Å². The third-order valence-corrected chi connectivity index (χ3v) is 4.60. The Morgan fingerprint density at radius 3 is 2.68 bits per heavy atom. The first-order valence-corrected chi connectivity index (χ1v) is 8.53. The molecule has 3 rings (SSSR count). The largest absolute Gasteiger partial charge is 0.505 e. The molecule has 0 spiro atoms. The molecule has 0 radical (unpaired) electrons. The number of aromatic carboxylic acids is 1. The summed E-state index contributed by atoms with van der Waals surface area (Å²) in [6, 6.07) is 11.1. The number of pyridine rings is 1. The summed E-state index contributed by atoms with van der Waals surface area (Å²) in [6.07, 6.45) is 0.828. The van der Waals surface area contributed by atoms with Crippen molar-refractivity contribution in [3.05, 3.63) is 57.8 Å². The Hall–Kier alpha value is -2.60. The van der Waals surface area contributed by atoms with Gasteiger partial charge in [0.05, 0.1) is 0 Å². The number of halogens is 1. The minimum absolute atomic E-state index is 0.356. The molecule has 1 aromatic heterocycles. The molecule has 5 nitrogen and oxygen atoms in total. The number of aromatic hydroxyl groups is 1. The predicted molar refractivity (Wildman–Crippen MR) is 98.7 cm³/mol. The number of fused-ring (bicyclic) bond motifs is 1. The first kappa shape index (κ1) is 17.2. The molecule has 0 atom stereocenters. The molecule has 0 saturated carbocycles. The summed E-state index contributed by atoms with van der Waals surface area (Å²) < 4.78 is 6.40. The molecule has 0 saturated heterocycles. The lowest BCUT2D eigenvalue weighted by atomic mass is 10.1. The van der Waals surface area contributed by atoms with Crippen molar-refractivity contribution in [3.63, 3.8) is 0 Å². The van der Waals surface area contributed by atoms with E-state index in [1.165, 1.54) is 0 Å². The van der Waals surface area contributed by atoms with Gasteiger partial charge in [-0.1, -0.05) is 25.1 Å². The zero-order chi connectivity index (χ0) is 18.1. The molecule has 0 aliphatic heterocycles. The van der Waals surface area contributed by atoms with Crippen LogP contribution in [0.4, 0.5) is 0 Å². The third-order valence-electron chi connectivity index (χ3n) is 4.00. The van der Waals surface area contributed by atoms with Crippen LogP contribution < -0.4 is 4.74 Å². The zero-order valence-corrected chi connectivity index (χ0v) is 15.3. The van der Waals surface area contributed by atoms with Crippen LogP contribution in [0.1, 0.15) is 28.5 Å². The highest BCUT2D eigenvalue weighted by Gasteiger charge is 2.18. The molecule has 25 heavy (non-hydrogen) atoms. The zero-order valence-electron chi connectivity index (χ0n) is 13.7. The normalized spacial score (nSPS) is 10.8. The first-order chi connectivity index (χ1) is 11.9. The minimum Gasteiger partial charge on any atom is -0.505 e. The lowest BCUT2D eigenvalue weighted by molar-refractivity contribution is 0.0687. The first-order valence-electron chi connectivity index (χ1n) is 7.74. The van der Waals surface area contributed by atoms with Crippen LogP contribution in [-0.4, -0.2) is 21.2 Å². The van der Waals surface area contributed by atoms with Crippen LogP contribution in [0.15, 0.2) is 41.0 Å². The van der Waals surface area contributed by atoms with E-state index in [2.05, 4.69) is 27.8 Å². The fraction of sp³-hybridized carbons (Fsp3) is 0.158. The second-order valence-electron chi connectivity index (χ2n) is 5.63. The molecule has 0 aliphatic carbocycles. The number of rotatable bonds is 4. The molecule has 3 aromatic rings. The summed E-state index contributed by atoms with van der Waals surface area (Å²) in [5.74, 6) is -0.382. The maximum Gasteiger partial charge on any atom is 0.358 e. The number of para-hydroxylation sites is 1. The minimum atomic E-state index is -1.29. The van der Waals surface area contributed by atoms with Gasteiger partial charge in [-0.05, 0) is 58.6 Å². The molecule has 0 amide bonds. The van der Waals surface area contributed by atoms with Crippen molar-refractivity contribution in [1.29, 1.82) is 0 Å². The van der Waals surface area contributed by atoms with Crippen LogP contribution in [0.5, 0.6) is 17.2 Å². The van der Waals surface area contributed by atoms with Crippen molar-refractivity contribution in [3.8, 4) is 17.2 Å². The van der Waals surface area contributed by atoms with Crippen molar-refractivity contribution < 1.29 is 19.7 Å². The topological polar surface area (TPSA) is 79.7 Å². The van der Waals surface area contributed by atoms with E-state index in [-0.39, 0.29) is 5.75 Å². The standard InChI is InChI=1S/C19H16BrNO4/c1-3-11-6-4-5-10(2)17(11)25-12-7-8-13-14(9-12)16(22)15(19(23)24)21-18(13)20/h4-9,22H,3H2,1-2H3,(H,23,24).